The van der Waals surface area contributed by atoms with Crippen molar-refractivity contribution >= 4 is 11.8 Å². The van der Waals surface area contributed by atoms with Crippen LogP contribution in [-0.2, 0) is 9.59 Å². The van der Waals surface area contributed by atoms with Crippen LogP contribution in [-0.4, -0.2) is 72.6 Å². The SMILES string of the molecule is CC(C#N)(NC(=O)CN1CCN(C(=O)C2COc3ccccc3O2)CC1)C1CC1. The molecule has 1 saturated heterocycles. The minimum absolute atomic E-state index is 0.0885. The first kappa shape index (κ1) is 19.5. The van der Waals surface area contributed by atoms with E-state index in [0.29, 0.717) is 37.7 Å². The first-order valence-electron chi connectivity index (χ1n) is 10.1. The average Bonchev–Trinajstić information content (AvgIpc) is 3.59. The highest BCUT2D eigenvalue weighted by atomic mass is 16.6. The van der Waals surface area contributed by atoms with Crippen LogP contribution in [0.1, 0.15) is 19.8 Å². The van der Waals surface area contributed by atoms with Gasteiger partial charge in [-0.15, -0.1) is 0 Å². The molecule has 154 valence electrons. The second-order valence-corrected chi connectivity index (χ2v) is 8.10. The minimum Gasteiger partial charge on any atom is -0.485 e. The Morgan fingerprint density at radius 1 is 1.21 bits per heavy atom. The first-order chi connectivity index (χ1) is 14.0. The minimum atomic E-state index is -0.774. The number of hydrogen-bond acceptors (Lipinski definition) is 6. The van der Waals surface area contributed by atoms with Crippen LogP contribution in [0.15, 0.2) is 24.3 Å². The summed E-state index contributed by atoms with van der Waals surface area (Å²) < 4.78 is 11.5. The van der Waals surface area contributed by atoms with Crippen molar-refractivity contribution in [2.24, 2.45) is 5.92 Å². The zero-order valence-corrected chi connectivity index (χ0v) is 16.6. The molecule has 8 nitrogen and oxygen atoms in total. The smallest absolute Gasteiger partial charge is 0.267 e. The lowest BCUT2D eigenvalue weighted by Crippen LogP contribution is -2.56. The largest absolute Gasteiger partial charge is 0.485 e. The predicted molar refractivity (Wildman–Crippen MR) is 104 cm³/mol. The molecule has 2 atom stereocenters. The van der Waals surface area contributed by atoms with E-state index < -0.39 is 11.6 Å². The van der Waals surface area contributed by atoms with Crippen LogP contribution in [0.4, 0.5) is 0 Å². The molecule has 8 heteroatoms. The van der Waals surface area contributed by atoms with E-state index in [0.717, 1.165) is 12.8 Å². The predicted octanol–water partition coefficient (Wildman–Crippen LogP) is 0.779. The zero-order valence-electron chi connectivity index (χ0n) is 16.6. The van der Waals surface area contributed by atoms with Crippen molar-refractivity contribution in [1.82, 2.24) is 15.1 Å². The van der Waals surface area contributed by atoms with Crippen LogP contribution >= 0.6 is 0 Å². The normalized spacial score (nSPS) is 23.6. The summed E-state index contributed by atoms with van der Waals surface area (Å²) in [4.78, 5) is 28.9. The first-order valence-corrected chi connectivity index (χ1v) is 10.1. The lowest BCUT2D eigenvalue weighted by molar-refractivity contribution is -0.143. The molecule has 3 aliphatic rings. The zero-order chi connectivity index (χ0) is 20.4. The second-order valence-electron chi connectivity index (χ2n) is 8.10. The third-order valence-electron chi connectivity index (χ3n) is 5.86. The molecule has 2 amide bonds. The van der Waals surface area contributed by atoms with Gasteiger partial charge in [0.1, 0.15) is 12.1 Å². The molecule has 0 bridgehead atoms. The maximum atomic E-state index is 12.8. The summed E-state index contributed by atoms with van der Waals surface area (Å²) in [5.41, 5.74) is -0.774. The highest BCUT2D eigenvalue weighted by Crippen LogP contribution is 2.39. The molecule has 2 heterocycles. The van der Waals surface area contributed by atoms with Gasteiger partial charge in [-0.25, -0.2) is 0 Å². The Labute approximate surface area is 170 Å². The Hall–Kier alpha value is -2.79. The van der Waals surface area contributed by atoms with Gasteiger partial charge < -0.3 is 19.7 Å². The standard InChI is InChI=1S/C21H26N4O4/c1-21(14-22,15-6-7-15)23-19(26)12-24-8-10-25(11-9-24)20(27)18-13-28-16-4-2-3-5-17(16)29-18/h2-5,15,18H,6-13H2,1H3,(H,23,26). The fourth-order valence-electron chi connectivity index (χ4n) is 3.89. The number of para-hydroxylation sites is 2. The van der Waals surface area contributed by atoms with Gasteiger partial charge in [0.05, 0.1) is 12.6 Å². The molecule has 2 aliphatic heterocycles. The summed E-state index contributed by atoms with van der Waals surface area (Å²) in [5, 5.41) is 12.3. The number of carbonyl (C=O) groups excluding carboxylic acids is 2. The van der Waals surface area contributed by atoms with Crippen molar-refractivity contribution in [3.63, 3.8) is 0 Å². The molecular weight excluding hydrogens is 372 g/mol. The summed E-state index contributed by atoms with van der Waals surface area (Å²) in [6.45, 7) is 4.52. The number of benzene rings is 1. The van der Waals surface area contributed by atoms with E-state index in [4.69, 9.17) is 9.47 Å². The summed E-state index contributed by atoms with van der Waals surface area (Å²) in [5.74, 6) is 1.27. The number of nitrogens with one attached hydrogen (secondary N) is 1. The Morgan fingerprint density at radius 2 is 1.90 bits per heavy atom. The fraction of sp³-hybridized carbons (Fsp3) is 0.571. The topological polar surface area (TPSA) is 94.9 Å². The number of fused-ring (bicyclic) bond motifs is 1. The second kappa shape index (κ2) is 7.91. The number of piperazine rings is 1. The lowest BCUT2D eigenvalue weighted by atomic mass is 9.98. The third-order valence-corrected chi connectivity index (χ3v) is 5.86. The molecule has 1 aromatic rings. The molecule has 1 saturated carbocycles. The molecule has 0 aromatic heterocycles. The summed E-state index contributed by atoms with van der Waals surface area (Å²) in [6.07, 6.45) is 1.33. The third kappa shape index (κ3) is 4.30. The highest BCUT2D eigenvalue weighted by Gasteiger charge is 2.43. The van der Waals surface area contributed by atoms with Gasteiger partial charge in [-0.2, -0.15) is 5.26 Å². The van der Waals surface area contributed by atoms with Crippen molar-refractivity contribution in [3.8, 4) is 17.6 Å². The van der Waals surface area contributed by atoms with E-state index in [2.05, 4.69) is 11.4 Å². The lowest BCUT2D eigenvalue weighted by Gasteiger charge is -2.37. The Kier molecular flexibility index (Phi) is 5.33. The maximum absolute atomic E-state index is 12.8. The summed E-state index contributed by atoms with van der Waals surface area (Å²) >= 11 is 0. The van der Waals surface area contributed by atoms with Crippen molar-refractivity contribution < 1.29 is 19.1 Å². The van der Waals surface area contributed by atoms with E-state index >= 15 is 0 Å². The summed E-state index contributed by atoms with van der Waals surface area (Å²) in [6, 6.07) is 9.57. The molecule has 1 N–H and O–H groups in total. The highest BCUT2D eigenvalue weighted by molar-refractivity contribution is 5.82. The monoisotopic (exact) mass is 398 g/mol. The number of nitriles is 1. The van der Waals surface area contributed by atoms with E-state index in [9.17, 15) is 14.9 Å². The van der Waals surface area contributed by atoms with Crippen LogP contribution in [0.5, 0.6) is 11.5 Å². The number of amides is 2. The number of ether oxygens (including phenoxy) is 2. The molecule has 2 fully saturated rings. The number of carbonyl (C=O) groups is 2. The Morgan fingerprint density at radius 3 is 2.55 bits per heavy atom. The summed E-state index contributed by atoms with van der Waals surface area (Å²) in [7, 11) is 0. The maximum Gasteiger partial charge on any atom is 0.267 e. The van der Waals surface area contributed by atoms with Crippen molar-refractivity contribution in [2.45, 2.75) is 31.4 Å². The molecular formula is C21H26N4O4. The van der Waals surface area contributed by atoms with Gasteiger partial charge in [-0.05, 0) is 37.8 Å². The molecule has 0 radical (unpaired) electrons. The molecule has 4 rings (SSSR count). The van der Waals surface area contributed by atoms with Gasteiger partial charge in [0.15, 0.2) is 11.5 Å². The van der Waals surface area contributed by atoms with Crippen molar-refractivity contribution in [3.05, 3.63) is 24.3 Å². The van der Waals surface area contributed by atoms with Gasteiger partial charge in [0, 0.05) is 26.2 Å². The number of rotatable bonds is 5. The van der Waals surface area contributed by atoms with Crippen LogP contribution < -0.4 is 14.8 Å². The van der Waals surface area contributed by atoms with E-state index in [1.807, 2.05) is 23.1 Å². The van der Waals surface area contributed by atoms with Crippen molar-refractivity contribution in [1.29, 1.82) is 5.26 Å². The van der Waals surface area contributed by atoms with E-state index in [-0.39, 0.29) is 30.9 Å². The quantitative estimate of drug-likeness (QED) is 0.788. The molecule has 2 unspecified atom stereocenters. The van der Waals surface area contributed by atoms with Gasteiger partial charge in [0.2, 0.25) is 12.0 Å². The Bertz CT molecular complexity index is 826. The van der Waals surface area contributed by atoms with Gasteiger partial charge in [0.25, 0.3) is 5.91 Å². The Balaban J connectivity index is 1.25. The fourth-order valence-corrected chi connectivity index (χ4v) is 3.89. The van der Waals surface area contributed by atoms with Crippen LogP contribution in [0, 0.1) is 17.2 Å². The van der Waals surface area contributed by atoms with Crippen LogP contribution in [0.3, 0.4) is 0 Å². The average molecular weight is 398 g/mol. The number of hydrogen-bond donors (Lipinski definition) is 1. The van der Waals surface area contributed by atoms with E-state index in [1.165, 1.54) is 0 Å². The van der Waals surface area contributed by atoms with Crippen molar-refractivity contribution in [2.75, 3.05) is 39.3 Å². The number of nitrogens with zero attached hydrogens (tertiary/aromatic N) is 3. The molecule has 1 aliphatic carbocycles. The van der Waals surface area contributed by atoms with Crippen LogP contribution in [0.2, 0.25) is 0 Å². The van der Waals surface area contributed by atoms with Gasteiger partial charge in [-0.3, -0.25) is 14.5 Å². The van der Waals surface area contributed by atoms with E-state index in [1.54, 1.807) is 17.9 Å². The van der Waals surface area contributed by atoms with Crippen LogP contribution in [0.25, 0.3) is 0 Å². The molecule has 0 spiro atoms. The van der Waals surface area contributed by atoms with Gasteiger partial charge in [-0.1, -0.05) is 12.1 Å². The molecule has 1 aromatic carbocycles. The van der Waals surface area contributed by atoms with Gasteiger partial charge >= 0.3 is 0 Å². The molecule has 29 heavy (non-hydrogen) atoms.